The van der Waals surface area contributed by atoms with Crippen molar-refractivity contribution in [2.45, 2.75) is 32.2 Å². The number of hydrogen-bond donors (Lipinski definition) is 1. The smallest absolute Gasteiger partial charge is 0.224 e. The Morgan fingerprint density at radius 3 is 2.80 bits per heavy atom. The Bertz CT molecular complexity index is 891. The van der Waals surface area contributed by atoms with Gasteiger partial charge in [0.25, 0.3) is 0 Å². The van der Waals surface area contributed by atoms with Gasteiger partial charge >= 0.3 is 0 Å². The van der Waals surface area contributed by atoms with E-state index in [0.29, 0.717) is 12.5 Å². The molecule has 0 aliphatic carbocycles. The predicted molar refractivity (Wildman–Crippen MR) is 101 cm³/mol. The van der Waals surface area contributed by atoms with Crippen LogP contribution in [0.15, 0.2) is 47.1 Å². The Labute approximate surface area is 147 Å². The van der Waals surface area contributed by atoms with Crippen molar-refractivity contribution in [3.8, 4) is 0 Å². The second-order valence-corrected chi connectivity index (χ2v) is 6.87. The van der Waals surface area contributed by atoms with Gasteiger partial charge in [-0.25, -0.2) is 0 Å². The molecule has 1 amide bonds. The maximum absolute atomic E-state index is 12.5. The van der Waals surface area contributed by atoms with Gasteiger partial charge in [-0.2, -0.15) is 0 Å². The zero-order chi connectivity index (χ0) is 17.2. The minimum Gasteiger partial charge on any atom is -0.464 e. The number of nitrogens with one attached hydrogen (secondary N) is 1. The average molecular weight is 336 g/mol. The van der Waals surface area contributed by atoms with Gasteiger partial charge in [0.05, 0.1) is 12.7 Å². The van der Waals surface area contributed by atoms with Crippen molar-refractivity contribution in [1.29, 1.82) is 0 Å². The Balaban J connectivity index is 1.51. The molecule has 4 nitrogen and oxygen atoms in total. The average Bonchev–Trinajstić information content (AvgIpc) is 3.05. The quantitative estimate of drug-likeness (QED) is 0.789. The molecule has 1 aliphatic rings. The van der Waals surface area contributed by atoms with Crippen molar-refractivity contribution in [2.24, 2.45) is 0 Å². The zero-order valence-corrected chi connectivity index (χ0v) is 14.6. The first-order chi connectivity index (χ1) is 12.2. The molecule has 0 radical (unpaired) electrons. The van der Waals surface area contributed by atoms with E-state index >= 15 is 0 Å². The minimum absolute atomic E-state index is 0.0885. The molecule has 0 saturated carbocycles. The van der Waals surface area contributed by atoms with Crippen molar-refractivity contribution in [3.05, 3.63) is 48.2 Å². The highest BCUT2D eigenvalue weighted by molar-refractivity contribution is 6.08. The van der Waals surface area contributed by atoms with Crippen LogP contribution in [0.5, 0.6) is 0 Å². The molecule has 4 rings (SSSR count). The standard InChI is InChI=1S/C21H24N2O2/c1-2-23-11-9-17(10-12-23)22-20(24)13-16-14-25-19-8-7-15-5-3-4-6-18(15)21(16)19/h3-8,14,17H,2,9-13H2,1H3,(H,22,24). The fourth-order valence-corrected chi connectivity index (χ4v) is 3.85. The number of amides is 1. The Morgan fingerprint density at radius 1 is 1.20 bits per heavy atom. The van der Waals surface area contributed by atoms with Crippen LogP contribution >= 0.6 is 0 Å². The SMILES string of the molecule is CCN1CCC(NC(=O)Cc2coc3ccc4ccccc4c23)CC1. The summed E-state index contributed by atoms with van der Waals surface area (Å²) in [6, 6.07) is 12.6. The Morgan fingerprint density at radius 2 is 2.00 bits per heavy atom. The summed E-state index contributed by atoms with van der Waals surface area (Å²) in [5.74, 6) is 0.0885. The first-order valence-corrected chi connectivity index (χ1v) is 9.14. The summed E-state index contributed by atoms with van der Waals surface area (Å²) in [5.41, 5.74) is 1.81. The van der Waals surface area contributed by atoms with Crippen LogP contribution in [-0.2, 0) is 11.2 Å². The van der Waals surface area contributed by atoms with Crippen LogP contribution in [0.25, 0.3) is 21.7 Å². The van der Waals surface area contributed by atoms with Crippen molar-refractivity contribution in [3.63, 3.8) is 0 Å². The highest BCUT2D eigenvalue weighted by atomic mass is 16.3. The molecule has 130 valence electrons. The van der Waals surface area contributed by atoms with Crippen LogP contribution in [0.1, 0.15) is 25.3 Å². The van der Waals surface area contributed by atoms with Gasteiger partial charge in [-0.1, -0.05) is 37.3 Å². The highest BCUT2D eigenvalue weighted by Gasteiger charge is 2.20. The van der Waals surface area contributed by atoms with Crippen LogP contribution in [0.2, 0.25) is 0 Å². The molecule has 1 aromatic heterocycles. The number of carbonyl (C=O) groups is 1. The van der Waals surface area contributed by atoms with Gasteiger partial charge in [-0.15, -0.1) is 0 Å². The second-order valence-electron chi connectivity index (χ2n) is 6.87. The summed E-state index contributed by atoms with van der Waals surface area (Å²) in [4.78, 5) is 15.0. The van der Waals surface area contributed by atoms with Gasteiger partial charge in [-0.05, 0) is 36.2 Å². The van der Waals surface area contributed by atoms with Gasteiger partial charge in [0, 0.05) is 30.1 Å². The number of carbonyl (C=O) groups excluding carboxylic acids is 1. The number of piperidine rings is 1. The maximum Gasteiger partial charge on any atom is 0.224 e. The molecule has 1 fully saturated rings. The third kappa shape index (κ3) is 3.27. The first kappa shape index (κ1) is 16.2. The van der Waals surface area contributed by atoms with E-state index in [1.165, 1.54) is 5.39 Å². The number of benzene rings is 2. The number of nitrogens with zero attached hydrogens (tertiary/aromatic N) is 1. The first-order valence-electron chi connectivity index (χ1n) is 9.14. The minimum atomic E-state index is 0.0885. The molecule has 25 heavy (non-hydrogen) atoms. The van der Waals surface area contributed by atoms with Crippen molar-refractivity contribution < 1.29 is 9.21 Å². The summed E-state index contributed by atoms with van der Waals surface area (Å²) in [7, 11) is 0. The molecule has 1 N–H and O–H groups in total. The number of fused-ring (bicyclic) bond motifs is 3. The van der Waals surface area contributed by atoms with Crippen LogP contribution in [0.3, 0.4) is 0 Å². The van der Waals surface area contributed by atoms with E-state index in [2.05, 4.69) is 35.3 Å². The largest absolute Gasteiger partial charge is 0.464 e. The number of furan rings is 1. The fraction of sp³-hybridized carbons (Fsp3) is 0.381. The van der Waals surface area contributed by atoms with E-state index in [1.807, 2.05) is 18.2 Å². The van der Waals surface area contributed by atoms with E-state index in [0.717, 1.165) is 54.4 Å². The highest BCUT2D eigenvalue weighted by Crippen LogP contribution is 2.30. The number of hydrogen-bond acceptors (Lipinski definition) is 3. The van der Waals surface area contributed by atoms with Gasteiger partial charge in [0.15, 0.2) is 0 Å². The van der Waals surface area contributed by atoms with E-state index in [9.17, 15) is 4.79 Å². The molecule has 1 saturated heterocycles. The van der Waals surface area contributed by atoms with E-state index in [-0.39, 0.29) is 5.91 Å². The molecular formula is C21H24N2O2. The van der Waals surface area contributed by atoms with Crippen molar-refractivity contribution in [2.75, 3.05) is 19.6 Å². The predicted octanol–water partition coefficient (Wildman–Crippen LogP) is 3.73. The zero-order valence-electron chi connectivity index (χ0n) is 14.6. The maximum atomic E-state index is 12.5. The fourth-order valence-electron chi connectivity index (χ4n) is 3.85. The lowest BCUT2D eigenvalue weighted by molar-refractivity contribution is -0.121. The Kier molecular flexibility index (Phi) is 4.45. The molecule has 4 heteroatoms. The van der Waals surface area contributed by atoms with E-state index in [1.54, 1.807) is 6.26 Å². The lowest BCUT2D eigenvalue weighted by Crippen LogP contribution is -2.44. The molecule has 2 heterocycles. The summed E-state index contributed by atoms with van der Waals surface area (Å²) in [6.45, 7) is 5.42. The topological polar surface area (TPSA) is 45.5 Å². The van der Waals surface area contributed by atoms with Crippen LogP contribution < -0.4 is 5.32 Å². The molecule has 0 unspecified atom stereocenters. The number of likely N-dealkylation sites (tertiary alicyclic amines) is 1. The molecular weight excluding hydrogens is 312 g/mol. The molecule has 1 aliphatic heterocycles. The monoisotopic (exact) mass is 336 g/mol. The van der Waals surface area contributed by atoms with Crippen LogP contribution in [0.4, 0.5) is 0 Å². The molecule has 0 bridgehead atoms. The lowest BCUT2D eigenvalue weighted by atomic mass is 10.0. The van der Waals surface area contributed by atoms with Gasteiger partial charge < -0.3 is 14.6 Å². The van der Waals surface area contributed by atoms with E-state index < -0.39 is 0 Å². The third-order valence-corrected chi connectivity index (χ3v) is 5.29. The van der Waals surface area contributed by atoms with E-state index in [4.69, 9.17) is 4.42 Å². The Hall–Kier alpha value is -2.33. The second kappa shape index (κ2) is 6.89. The van der Waals surface area contributed by atoms with Gasteiger partial charge in [-0.3, -0.25) is 4.79 Å². The summed E-state index contributed by atoms with van der Waals surface area (Å²) in [5, 5.41) is 6.59. The van der Waals surface area contributed by atoms with Crippen LogP contribution in [-0.4, -0.2) is 36.5 Å². The van der Waals surface area contributed by atoms with Crippen molar-refractivity contribution >= 4 is 27.6 Å². The number of rotatable bonds is 4. The molecule has 3 aromatic rings. The molecule has 0 spiro atoms. The summed E-state index contributed by atoms with van der Waals surface area (Å²) >= 11 is 0. The van der Waals surface area contributed by atoms with Gasteiger partial charge in [0.1, 0.15) is 5.58 Å². The molecule has 0 atom stereocenters. The lowest BCUT2D eigenvalue weighted by Gasteiger charge is -2.31. The third-order valence-electron chi connectivity index (χ3n) is 5.29. The van der Waals surface area contributed by atoms with Crippen molar-refractivity contribution in [1.82, 2.24) is 10.2 Å². The van der Waals surface area contributed by atoms with Crippen LogP contribution in [0, 0.1) is 0 Å². The summed E-state index contributed by atoms with van der Waals surface area (Å²) in [6.07, 6.45) is 4.18. The normalized spacial score (nSPS) is 16.5. The summed E-state index contributed by atoms with van der Waals surface area (Å²) < 4.78 is 5.69. The van der Waals surface area contributed by atoms with Gasteiger partial charge in [0.2, 0.25) is 5.91 Å². The molecule has 2 aromatic carbocycles.